The van der Waals surface area contributed by atoms with E-state index in [1.54, 1.807) is 55.4 Å². The predicted molar refractivity (Wildman–Crippen MR) is 101 cm³/mol. The largest absolute Gasteiger partial charge is 0.326 e. The van der Waals surface area contributed by atoms with Crippen LogP contribution in [0.15, 0.2) is 53.6 Å². The molecule has 2 aromatic carbocycles. The highest BCUT2D eigenvalue weighted by Crippen LogP contribution is 2.18. The molecule has 6 nitrogen and oxygen atoms in total. The second-order valence-corrected chi connectivity index (χ2v) is 5.84. The van der Waals surface area contributed by atoms with E-state index < -0.39 is 0 Å². The van der Waals surface area contributed by atoms with Crippen molar-refractivity contribution in [2.75, 3.05) is 17.4 Å². The van der Waals surface area contributed by atoms with Gasteiger partial charge < -0.3 is 10.6 Å². The van der Waals surface area contributed by atoms with Crippen LogP contribution in [-0.4, -0.2) is 24.7 Å². The maximum Gasteiger partial charge on any atom is 0.256 e. The van der Waals surface area contributed by atoms with Crippen LogP contribution < -0.4 is 15.6 Å². The molecule has 2 aromatic rings. The SMILES string of the molecule is CC(=O)Nc1ccc(C(=O)N/C(C)=N/N(C)c2cccc(Cl)c2)cc1. The molecule has 0 aromatic heterocycles. The number of hydrogen-bond donors (Lipinski definition) is 2. The van der Waals surface area contributed by atoms with Crippen LogP contribution in [0.2, 0.25) is 5.02 Å². The Morgan fingerprint density at radius 2 is 1.76 bits per heavy atom. The van der Waals surface area contributed by atoms with E-state index in [0.29, 0.717) is 22.1 Å². The van der Waals surface area contributed by atoms with E-state index in [2.05, 4.69) is 15.7 Å². The second kappa shape index (κ2) is 8.30. The van der Waals surface area contributed by atoms with Gasteiger partial charge in [0.2, 0.25) is 5.91 Å². The molecule has 0 aliphatic rings. The van der Waals surface area contributed by atoms with E-state index in [4.69, 9.17) is 11.6 Å². The molecule has 2 amide bonds. The molecule has 0 aliphatic heterocycles. The number of amides is 2. The standard InChI is InChI=1S/C18H19ClN4O2/c1-12(22-23(3)17-6-4-5-15(19)11-17)20-18(25)14-7-9-16(10-8-14)21-13(2)24/h4-11H,1-3H3,(H,21,24)(H,20,22,25). The molecule has 2 N–H and O–H groups in total. The second-order valence-electron chi connectivity index (χ2n) is 5.40. The highest BCUT2D eigenvalue weighted by Gasteiger charge is 2.08. The zero-order chi connectivity index (χ0) is 18.4. The number of anilines is 2. The number of halogens is 1. The van der Waals surface area contributed by atoms with E-state index in [-0.39, 0.29) is 11.8 Å². The first-order valence-corrected chi connectivity index (χ1v) is 7.96. The van der Waals surface area contributed by atoms with Gasteiger partial charge in [-0.05, 0) is 49.4 Å². The van der Waals surface area contributed by atoms with E-state index in [1.807, 2.05) is 12.1 Å². The van der Waals surface area contributed by atoms with Crippen molar-refractivity contribution >= 4 is 40.6 Å². The van der Waals surface area contributed by atoms with Gasteiger partial charge in [0.1, 0.15) is 5.84 Å². The summed E-state index contributed by atoms with van der Waals surface area (Å²) in [6.45, 7) is 3.13. The van der Waals surface area contributed by atoms with Crippen LogP contribution in [0, 0.1) is 0 Å². The summed E-state index contributed by atoms with van der Waals surface area (Å²) < 4.78 is 0. The lowest BCUT2D eigenvalue weighted by Gasteiger charge is -2.15. The number of hydrazone groups is 1. The molecule has 25 heavy (non-hydrogen) atoms. The first kappa shape index (κ1) is 18.5. The highest BCUT2D eigenvalue weighted by molar-refractivity contribution is 6.30. The highest BCUT2D eigenvalue weighted by atomic mass is 35.5. The minimum absolute atomic E-state index is 0.163. The van der Waals surface area contributed by atoms with E-state index >= 15 is 0 Å². The first-order valence-electron chi connectivity index (χ1n) is 7.58. The average Bonchev–Trinajstić information content (AvgIpc) is 2.54. The summed E-state index contributed by atoms with van der Waals surface area (Å²) in [5, 5.41) is 11.9. The predicted octanol–water partition coefficient (Wildman–Crippen LogP) is 3.50. The van der Waals surface area contributed by atoms with Gasteiger partial charge in [0.15, 0.2) is 0 Å². The summed E-state index contributed by atoms with van der Waals surface area (Å²) in [4.78, 5) is 23.2. The Morgan fingerprint density at radius 1 is 1.08 bits per heavy atom. The molecule has 0 bridgehead atoms. The zero-order valence-electron chi connectivity index (χ0n) is 14.2. The van der Waals surface area contributed by atoms with Crippen molar-refractivity contribution in [1.82, 2.24) is 5.32 Å². The Hall–Kier alpha value is -2.86. The molecule has 0 aliphatic carbocycles. The summed E-state index contributed by atoms with van der Waals surface area (Å²) in [6.07, 6.45) is 0. The van der Waals surface area contributed by atoms with Crippen LogP contribution in [0.1, 0.15) is 24.2 Å². The quantitative estimate of drug-likeness (QED) is 0.499. The van der Waals surface area contributed by atoms with Crippen molar-refractivity contribution in [1.29, 1.82) is 0 Å². The van der Waals surface area contributed by atoms with Crippen LogP contribution in [0.3, 0.4) is 0 Å². The van der Waals surface area contributed by atoms with Crippen molar-refractivity contribution in [2.45, 2.75) is 13.8 Å². The lowest BCUT2D eigenvalue weighted by Crippen LogP contribution is -2.30. The summed E-state index contributed by atoms with van der Waals surface area (Å²) >= 11 is 5.96. The summed E-state index contributed by atoms with van der Waals surface area (Å²) in [6, 6.07) is 13.9. The van der Waals surface area contributed by atoms with Crippen molar-refractivity contribution in [3.63, 3.8) is 0 Å². The number of carbonyl (C=O) groups excluding carboxylic acids is 2. The normalized spacial score (nSPS) is 11.0. The molecule has 0 atom stereocenters. The number of hydrogen-bond acceptors (Lipinski definition) is 4. The van der Waals surface area contributed by atoms with Gasteiger partial charge in [-0.1, -0.05) is 17.7 Å². The smallest absolute Gasteiger partial charge is 0.256 e. The molecule has 0 fully saturated rings. The summed E-state index contributed by atoms with van der Waals surface area (Å²) in [5.74, 6) is -0.00207. The molecular formula is C18H19ClN4O2. The fourth-order valence-corrected chi connectivity index (χ4v) is 2.31. The number of nitrogens with zero attached hydrogens (tertiary/aromatic N) is 2. The molecule has 2 rings (SSSR count). The van der Waals surface area contributed by atoms with Crippen molar-refractivity contribution in [3.8, 4) is 0 Å². The molecule has 0 unspecified atom stereocenters. The maximum atomic E-state index is 12.2. The van der Waals surface area contributed by atoms with E-state index in [1.165, 1.54) is 6.92 Å². The summed E-state index contributed by atoms with van der Waals surface area (Å²) in [7, 11) is 1.77. The molecule has 7 heteroatoms. The number of rotatable bonds is 4. The Labute approximate surface area is 151 Å². The van der Waals surface area contributed by atoms with Crippen LogP contribution in [0.5, 0.6) is 0 Å². The number of amidine groups is 1. The fourth-order valence-electron chi connectivity index (χ4n) is 2.13. The van der Waals surface area contributed by atoms with Crippen LogP contribution in [0.25, 0.3) is 0 Å². The fraction of sp³-hybridized carbons (Fsp3) is 0.167. The number of benzene rings is 2. The first-order chi connectivity index (χ1) is 11.8. The number of nitrogens with one attached hydrogen (secondary N) is 2. The lowest BCUT2D eigenvalue weighted by atomic mass is 10.2. The van der Waals surface area contributed by atoms with Crippen LogP contribution >= 0.6 is 11.6 Å². The zero-order valence-corrected chi connectivity index (χ0v) is 15.0. The third kappa shape index (κ3) is 5.61. The van der Waals surface area contributed by atoms with E-state index in [9.17, 15) is 9.59 Å². The topological polar surface area (TPSA) is 73.8 Å². The van der Waals surface area contributed by atoms with Crippen LogP contribution in [-0.2, 0) is 4.79 Å². The van der Waals surface area contributed by atoms with Crippen LogP contribution in [0.4, 0.5) is 11.4 Å². The Bertz CT molecular complexity index is 803. The molecule has 0 saturated heterocycles. The van der Waals surface area contributed by atoms with Gasteiger partial charge in [-0.15, -0.1) is 0 Å². The Kier molecular flexibility index (Phi) is 6.14. The van der Waals surface area contributed by atoms with Gasteiger partial charge in [0.05, 0.1) is 5.69 Å². The Balaban J connectivity index is 2.02. The van der Waals surface area contributed by atoms with Gasteiger partial charge in [0.25, 0.3) is 5.91 Å². The van der Waals surface area contributed by atoms with Gasteiger partial charge in [-0.2, -0.15) is 5.10 Å². The molecule has 0 spiro atoms. The molecule has 0 saturated carbocycles. The van der Waals surface area contributed by atoms with Gasteiger partial charge >= 0.3 is 0 Å². The van der Waals surface area contributed by atoms with Gasteiger partial charge in [-0.3, -0.25) is 14.6 Å². The molecule has 0 radical (unpaired) electrons. The van der Waals surface area contributed by atoms with Gasteiger partial charge in [-0.25, -0.2) is 0 Å². The summed E-state index contributed by atoms with van der Waals surface area (Å²) in [5.41, 5.74) is 1.91. The van der Waals surface area contributed by atoms with E-state index in [0.717, 1.165) is 5.69 Å². The van der Waals surface area contributed by atoms with Crippen molar-refractivity contribution in [2.24, 2.45) is 5.10 Å². The maximum absolute atomic E-state index is 12.2. The monoisotopic (exact) mass is 358 g/mol. The molecule has 0 heterocycles. The minimum Gasteiger partial charge on any atom is -0.326 e. The Morgan fingerprint density at radius 3 is 2.36 bits per heavy atom. The third-order valence-corrected chi connectivity index (χ3v) is 3.48. The van der Waals surface area contributed by atoms with Crippen molar-refractivity contribution in [3.05, 3.63) is 59.1 Å². The van der Waals surface area contributed by atoms with Crippen molar-refractivity contribution < 1.29 is 9.59 Å². The average molecular weight is 359 g/mol. The molecule has 130 valence electrons. The lowest BCUT2D eigenvalue weighted by molar-refractivity contribution is -0.114. The van der Waals surface area contributed by atoms with Gasteiger partial charge in [0, 0.05) is 30.2 Å². The molecular weight excluding hydrogens is 340 g/mol. The number of carbonyl (C=O) groups is 2. The minimum atomic E-state index is -0.282. The third-order valence-electron chi connectivity index (χ3n) is 3.24.